The van der Waals surface area contributed by atoms with E-state index in [0.29, 0.717) is 5.92 Å². The fourth-order valence-corrected chi connectivity index (χ4v) is 5.36. The van der Waals surface area contributed by atoms with Gasteiger partial charge in [-0.15, -0.1) is 0 Å². The van der Waals surface area contributed by atoms with Crippen molar-refractivity contribution < 1.29 is 12.8 Å². The van der Waals surface area contributed by atoms with Crippen LogP contribution < -0.4 is 5.32 Å². The number of hydrogen-bond acceptors (Lipinski definition) is 4. The third-order valence-electron chi connectivity index (χ3n) is 5.59. The molecule has 1 atom stereocenters. The minimum absolute atomic E-state index is 0.169. The van der Waals surface area contributed by atoms with E-state index in [2.05, 4.69) is 20.1 Å². The van der Waals surface area contributed by atoms with Gasteiger partial charge >= 0.3 is 0 Å². The Hall–Kier alpha value is -1.67. The predicted octanol–water partition coefficient (Wildman–Crippen LogP) is 1.98. The summed E-state index contributed by atoms with van der Waals surface area (Å²) in [7, 11) is -1.95. The molecule has 2 aliphatic heterocycles. The van der Waals surface area contributed by atoms with E-state index < -0.39 is 15.7 Å². The fourth-order valence-electron chi connectivity index (χ4n) is 4.12. The number of piperidine rings is 1. The molecule has 0 aliphatic carbocycles. The number of likely N-dealkylation sites (tertiary alicyclic amines) is 2. The molecule has 3 rings (SSSR count). The van der Waals surface area contributed by atoms with Crippen molar-refractivity contribution in [1.29, 1.82) is 0 Å². The Bertz CT molecular complexity index is 778. The van der Waals surface area contributed by atoms with Crippen molar-refractivity contribution in [2.24, 2.45) is 10.9 Å². The van der Waals surface area contributed by atoms with Crippen LogP contribution >= 0.6 is 0 Å². The Labute approximate surface area is 167 Å². The lowest BCUT2D eigenvalue weighted by Crippen LogP contribution is -2.42. The molecule has 0 spiro atoms. The Morgan fingerprint density at radius 2 is 1.96 bits per heavy atom. The second-order valence-corrected chi connectivity index (χ2v) is 9.76. The molecular formula is C20H31FN4O2S. The van der Waals surface area contributed by atoms with Gasteiger partial charge in [-0.25, -0.2) is 12.8 Å². The Morgan fingerprint density at radius 3 is 2.68 bits per heavy atom. The van der Waals surface area contributed by atoms with Crippen LogP contribution in [0.4, 0.5) is 4.39 Å². The highest BCUT2D eigenvalue weighted by molar-refractivity contribution is 7.91. The molecule has 28 heavy (non-hydrogen) atoms. The van der Waals surface area contributed by atoms with Crippen LogP contribution in [-0.4, -0.2) is 76.2 Å². The summed E-state index contributed by atoms with van der Waals surface area (Å²) < 4.78 is 38.5. The van der Waals surface area contributed by atoms with Crippen LogP contribution in [0.25, 0.3) is 0 Å². The Balaban J connectivity index is 1.48. The van der Waals surface area contributed by atoms with Crippen molar-refractivity contribution >= 4 is 15.8 Å². The molecule has 0 saturated carbocycles. The molecule has 1 unspecified atom stereocenters. The van der Waals surface area contributed by atoms with Gasteiger partial charge in [-0.05, 0) is 50.4 Å². The van der Waals surface area contributed by atoms with Crippen molar-refractivity contribution in [2.45, 2.75) is 30.6 Å². The van der Waals surface area contributed by atoms with Crippen molar-refractivity contribution in [2.75, 3.05) is 52.1 Å². The number of benzene rings is 1. The van der Waals surface area contributed by atoms with Crippen molar-refractivity contribution in [3.05, 3.63) is 30.1 Å². The normalized spacial score (nSPS) is 21.9. The van der Waals surface area contributed by atoms with Crippen LogP contribution in [0.2, 0.25) is 0 Å². The SMILES string of the molecule is CN=C(NCCS(=O)(=O)c1ccccc1F)N1CCC(CN2CCCCC2)C1. The van der Waals surface area contributed by atoms with Gasteiger partial charge in [0.2, 0.25) is 0 Å². The summed E-state index contributed by atoms with van der Waals surface area (Å²) in [6, 6.07) is 5.51. The van der Waals surface area contributed by atoms with Crippen molar-refractivity contribution in [3.8, 4) is 0 Å². The van der Waals surface area contributed by atoms with E-state index in [4.69, 9.17) is 0 Å². The maximum atomic E-state index is 13.8. The maximum absolute atomic E-state index is 13.8. The molecular weight excluding hydrogens is 379 g/mol. The van der Waals surface area contributed by atoms with Gasteiger partial charge in [0, 0.05) is 33.2 Å². The smallest absolute Gasteiger partial charge is 0.193 e. The highest BCUT2D eigenvalue weighted by atomic mass is 32.2. The molecule has 2 aliphatic rings. The lowest BCUT2D eigenvalue weighted by Gasteiger charge is -2.29. The highest BCUT2D eigenvalue weighted by Crippen LogP contribution is 2.20. The van der Waals surface area contributed by atoms with Crippen LogP contribution in [0.3, 0.4) is 0 Å². The Kier molecular flexibility index (Phi) is 7.29. The fraction of sp³-hybridized carbons (Fsp3) is 0.650. The van der Waals surface area contributed by atoms with Crippen LogP contribution in [0.15, 0.2) is 34.2 Å². The molecule has 0 aromatic heterocycles. The first-order valence-electron chi connectivity index (χ1n) is 10.1. The van der Waals surface area contributed by atoms with Crippen molar-refractivity contribution in [3.63, 3.8) is 0 Å². The first kappa shape index (κ1) is 21.0. The van der Waals surface area contributed by atoms with E-state index >= 15 is 0 Å². The van der Waals surface area contributed by atoms with Gasteiger partial charge in [0.1, 0.15) is 10.7 Å². The second-order valence-electron chi connectivity index (χ2n) is 7.69. The van der Waals surface area contributed by atoms with Crippen molar-refractivity contribution in [1.82, 2.24) is 15.1 Å². The third kappa shape index (κ3) is 5.44. The molecule has 0 bridgehead atoms. The monoisotopic (exact) mass is 410 g/mol. The molecule has 6 nitrogen and oxygen atoms in total. The third-order valence-corrected chi connectivity index (χ3v) is 7.33. The molecule has 0 radical (unpaired) electrons. The van der Waals surface area contributed by atoms with E-state index in [-0.39, 0.29) is 17.2 Å². The van der Waals surface area contributed by atoms with E-state index in [1.165, 1.54) is 56.6 Å². The molecule has 8 heteroatoms. The first-order valence-corrected chi connectivity index (χ1v) is 11.8. The summed E-state index contributed by atoms with van der Waals surface area (Å²) in [4.78, 5) is 8.83. The van der Waals surface area contributed by atoms with Crippen LogP contribution in [0, 0.1) is 11.7 Å². The van der Waals surface area contributed by atoms with Crippen LogP contribution in [-0.2, 0) is 9.84 Å². The number of guanidine groups is 1. The second kappa shape index (κ2) is 9.69. The number of rotatable bonds is 6. The molecule has 156 valence electrons. The van der Waals surface area contributed by atoms with Gasteiger partial charge in [0.15, 0.2) is 15.8 Å². The number of aliphatic imine (C=N–C) groups is 1. The predicted molar refractivity (Wildman–Crippen MR) is 110 cm³/mol. The average Bonchev–Trinajstić information content (AvgIpc) is 3.14. The highest BCUT2D eigenvalue weighted by Gasteiger charge is 2.27. The lowest BCUT2D eigenvalue weighted by molar-refractivity contribution is 0.198. The van der Waals surface area contributed by atoms with E-state index in [1.54, 1.807) is 7.05 Å². The van der Waals surface area contributed by atoms with E-state index in [0.717, 1.165) is 32.0 Å². The number of halogens is 1. The molecule has 2 saturated heterocycles. The van der Waals surface area contributed by atoms with E-state index in [9.17, 15) is 12.8 Å². The summed E-state index contributed by atoms with van der Waals surface area (Å²) in [6.45, 7) is 5.62. The summed E-state index contributed by atoms with van der Waals surface area (Å²) in [5.41, 5.74) is 0. The number of sulfone groups is 1. The summed E-state index contributed by atoms with van der Waals surface area (Å²) in [6.07, 6.45) is 5.08. The van der Waals surface area contributed by atoms with Crippen LogP contribution in [0.5, 0.6) is 0 Å². The average molecular weight is 411 g/mol. The molecule has 1 aromatic rings. The molecule has 1 N–H and O–H groups in total. The summed E-state index contributed by atoms with van der Waals surface area (Å²) >= 11 is 0. The van der Waals surface area contributed by atoms with Gasteiger partial charge in [-0.2, -0.15) is 0 Å². The maximum Gasteiger partial charge on any atom is 0.193 e. The zero-order valence-corrected chi connectivity index (χ0v) is 17.4. The summed E-state index contributed by atoms with van der Waals surface area (Å²) in [5.74, 6) is 0.480. The summed E-state index contributed by atoms with van der Waals surface area (Å²) in [5, 5.41) is 3.14. The van der Waals surface area contributed by atoms with Gasteiger partial charge in [0.25, 0.3) is 0 Å². The first-order chi connectivity index (χ1) is 13.5. The molecule has 2 heterocycles. The lowest BCUT2D eigenvalue weighted by atomic mass is 10.1. The molecule has 0 amide bonds. The molecule has 1 aromatic carbocycles. The topological polar surface area (TPSA) is 65.0 Å². The standard InChI is InChI=1S/C20H31FN4O2S/c1-22-20(23-10-14-28(26,27)19-8-4-3-7-18(19)21)25-13-9-17(16-25)15-24-11-5-2-6-12-24/h3-4,7-8,17H,2,5-6,9-16H2,1H3,(H,22,23). The number of nitrogens with zero attached hydrogens (tertiary/aromatic N) is 3. The van der Waals surface area contributed by atoms with Crippen LogP contribution in [0.1, 0.15) is 25.7 Å². The number of hydrogen-bond donors (Lipinski definition) is 1. The number of nitrogens with one attached hydrogen (secondary N) is 1. The largest absolute Gasteiger partial charge is 0.355 e. The van der Waals surface area contributed by atoms with Gasteiger partial charge < -0.3 is 15.1 Å². The minimum Gasteiger partial charge on any atom is -0.355 e. The zero-order valence-electron chi connectivity index (χ0n) is 16.6. The molecule has 2 fully saturated rings. The Morgan fingerprint density at radius 1 is 1.21 bits per heavy atom. The van der Waals surface area contributed by atoms with Gasteiger partial charge in [-0.3, -0.25) is 4.99 Å². The quantitative estimate of drug-likeness (QED) is 0.574. The van der Waals surface area contributed by atoms with Gasteiger partial charge in [0.05, 0.1) is 5.75 Å². The van der Waals surface area contributed by atoms with Gasteiger partial charge in [-0.1, -0.05) is 18.6 Å². The zero-order chi connectivity index (χ0) is 20.0. The van der Waals surface area contributed by atoms with E-state index in [1.807, 2.05) is 0 Å². The minimum atomic E-state index is -3.67.